The molecule has 3 nitrogen and oxygen atoms in total. The predicted molar refractivity (Wildman–Crippen MR) is 62.1 cm³/mol. The van der Waals surface area contributed by atoms with Gasteiger partial charge in [0.2, 0.25) is 0 Å². The van der Waals surface area contributed by atoms with Gasteiger partial charge in [0.1, 0.15) is 13.2 Å². The second-order valence-electron chi connectivity index (χ2n) is 4.01. The molecule has 1 aliphatic heterocycles. The zero-order valence-corrected chi connectivity index (χ0v) is 10.5. The van der Waals surface area contributed by atoms with Crippen LogP contribution in [0, 0.1) is 0 Å². The Morgan fingerprint density at radius 3 is 2.37 bits per heavy atom. The third kappa shape index (κ3) is 3.53. The van der Waals surface area contributed by atoms with E-state index in [1.165, 1.54) is 12.1 Å². The maximum Gasteiger partial charge on any atom is 0.389 e. The lowest BCUT2D eigenvalue weighted by atomic mass is 10.1. The molecule has 0 radical (unpaired) electrons. The van der Waals surface area contributed by atoms with Crippen LogP contribution in [0.1, 0.15) is 23.2 Å². The molecule has 2 rings (SSSR count). The van der Waals surface area contributed by atoms with Gasteiger partial charge in [-0.15, -0.1) is 0 Å². The SMILES string of the molecule is O=C(CCC(F)(F)F)c1cc2c(cc1Cl)OCCO2. The first-order chi connectivity index (χ1) is 8.87. The molecular weight excluding hydrogens is 285 g/mol. The Morgan fingerprint density at radius 2 is 1.79 bits per heavy atom. The second kappa shape index (κ2) is 5.28. The average Bonchev–Trinajstić information content (AvgIpc) is 2.34. The van der Waals surface area contributed by atoms with Gasteiger partial charge in [-0.1, -0.05) is 11.6 Å². The van der Waals surface area contributed by atoms with Crippen LogP contribution in [0.2, 0.25) is 5.02 Å². The van der Waals surface area contributed by atoms with Gasteiger partial charge in [0.25, 0.3) is 0 Å². The van der Waals surface area contributed by atoms with Crippen molar-refractivity contribution in [3.8, 4) is 11.5 Å². The minimum Gasteiger partial charge on any atom is -0.486 e. The number of fused-ring (bicyclic) bond motifs is 1. The Kier molecular flexibility index (Phi) is 3.89. The number of Topliss-reactive ketones (excluding diaryl/α,β-unsaturated/α-hetero) is 1. The number of carbonyl (C=O) groups excluding carboxylic acids is 1. The summed E-state index contributed by atoms with van der Waals surface area (Å²) in [7, 11) is 0. The summed E-state index contributed by atoms with van der Waals surface area (Å²) in [5, 5.41) is 0.0661. The molecule has 1 aliphatic rings. The number of hydrogen-bond donors (Lipinski definition) is 0. The molecule has 1 aromatic carbocycles. The van der Waals surface area contributed by atoms with E-state index in [1.54, 1.807) is 0 Å². The molecule has 0 N–H and O–H groups in total. The Hall–Kier alpha value is -1.43. The van der Waals surface area contributed by atoms with Crippen LogP contribution in [0.15, 0.2) is 12.1 Å². The quantitative estimate of drug-likeness (QED) is 0.799. The lowest BCUT2D eigenvalue weighted by molar-refractivity contribution is -0.133. The van der Waals surface area contributed by atoms with Gasteiger partial charge in [0.15, 0.2) is 17.3 Å². The molecule has 1 heterocycles. The van der Waals surface area contributed by atoms with E-state index in [1.807, 2.05) is 0 Å². The van der Waals surface area contributed by atoms with Crippen molar-refractivity contribution in [2.75, 3.05) is 13.2 Å². The van der Waals surface area contributed by atoms with Crippen LogP contribution in [0.25, 0.3) is 0 Å². The van der Waals surface area contributed by atoms with Gasteiger partial charge >= 0.3 is 6.18 Å². The topological polar surface area (TPSA) is 35.5 Å². The highest BCUT2D eigenvalue weighted by molar-refractivity contribution is 6.34. The minimum absolute atomic E-state index is 0.0233. The molecule has 0 amide bonds. The summed E-state index contributed by atoms with van der Waals surface area (Å²) in [5.41, 5.74) is 0.0233. The van der Waals surface area contributed by atoms with E-state index in [4.69, 9.17) is 21.1 Å². The fraction of sp³-hybridized carbons (Fsp3) is 0.417. The van der Waals surface area contributed by atoms with Crippen LogP contribution < -0.4 is 9.47 Å². The lowest BCUT2D eigenvalue weighted by Crippen LogP contribution is -2.16. The number of benzene rings is 1. The molecule has 0 bridgehead atoms. The van der Waals surface area contributed by atoms with Gasteiger partial charge in [-0.2, -0.15) is 13.2 Å². The molecule has 0 aromatic heterocycles. The fourth-order valence-corrected chi connectivity index (χ4v) is 1.93. The Balaban J connectivity index is 2.17. The number of halogens is 4. The first-order valence-electron chi connectivity index (χ1n) is 5.56. The maximum atomic E-state index is 12.1. The minimum atomic E-state index is -4.37. The standard InChI is InChI=1S/C12H10ClF3O3/c13-8-6-11-10(18-3-4-19-11)5-7(8)9(17)1-2-12(14,15)16/h5-6H,1-4H2. The van der Waals surface area contributed by atoms with E-state index in [9.17, 15) is 18.0 Å². The lowest BCUT2D eigenvalue weighted by Gasteiger charge is -2.19. The highest BCUT2D eigenvalue weighted by Crippen LogP contribution is 2.36. The van der Waals surface area contributed by atoms with Gasteiger partial charge in [-0.25, -0.2) is 0 Å². The summed E-state index contributed by atoms with van der Waals surface area (Å²) >= 11 is 5.87. The van der Waals surface area contributed by atoms with Crippen LogP contribution in [0.3, 0.4) is 0 Å². The second-order valence-corrected chi connectivity index (χ2v) is 4.42. The smallest absolute Gasteiger partial charge is 0.389 e. The molecule has 104 valence electrons. The zero-order chi connectivity index (χ0) is 14.0. The van der Waals surface area contributed by atoms with Crippen LogP contribution in [-0.4, -0.2) is 25.2 Å². The monoisotopic (exact) mass is 294 g/mol. The van der Waals surface area contributed by atoms with Crippen molar-refractivity contribution in [2.45, 2.75) is 19.0 Å². The van der Waals surface area contributed by atoms with Crippen molar-refractivity contribution >= 4 is 17.4 Å². The Labute approximate surface area is 112 Å². The normalized spacial score (nSPS) is 14.3. The Bertz CT molecular complexity index is 500. The van der Waals surface area contributed by atoms with Gasteiger partial charge in [0.05, 0.1) is 11.4 Å². The summed E-state index contributed by atoms with van der Waals surface area (Å²) in [4.78, 5) is 11.7. The summed E-state index contributed by atoms with van der Waals surface area (Å²) in [6.45, 7) is 0.690. The number of ether oxygens (including phenoxy) is 2. The van der Waals surface area contributed by atoms with Crippen molar-refractivity contribution in [3.05, 3.63) is 22.7 Å². The molecule has 1 aromatic rings. The van der Waals surface area contributed by atoms with Gasteiger partial charge in [0, 0.05) is 18.1 Å². The molecule has 0 saturated heterocycles. The number of carbonyl (C=O) groups is 1. The molecule has 0 unspecified atom stereocenters. The third-order valence-corrected chi connectivity index (χ3v) is 2.88. The number of alkyl halides is 3. The molecular formula is C12H10ClF3O3. The predicted octanol–water partition coefficient (Wildman–Crippen LogP) is 3.64. The highest BCUT2D eigenvalue weighted by Gasteiger charge is 2.29. The van der Waals surface area contributed by atoms with Crippen LogP contribution >= 0.6 is 11.6 Å². The van der Waals surface area contributed by atoms with E-state index in [-0.39, 0.29) is 10.6 Å². The van der Waals surface area contributed by atoms with E-state index in [0.717, 1.165) is 0 Å². The molecule has 19 heavy (non-hydrogen) atoms. The van der Waals surface area contributed by atoms with E-state index in [2.05, 4.69) is 0 Å². The van der Waals surface area contributed by atoms with E-state index >= 15 is 0 Å². The summed E-state index contributed by atoms with van der Waals surface area (Å²) in [6.07, 6.45) is -6.17. The van der Waals surface area contributed by atoms with E-state index in [0.29, 0.717) is 24.7 Å². The average molecular weight is 295 g/mol. The first-order valence-corrected chi connectivity index (χ1v) is 5.94. The first kappa shape index (κ1) is 14.0. The summed E-state index contributed by atoms with van der Waals surface area (Å²) < 4.78 is 46.7. The molecule has 0 atom stereocenters. The van der Waals surface area contributed by atoms with Gasteiger partial charge < -0.3 is 9.47 Å². The summed E-state index contributed by atoms with van der Waals surface area (Å²) in [6, 6.07) is 2.71. The number of rotatable bonds is 3. The molecule has 0 aliphatic carbocycles. The van der Waals surface area contributed by atoms with Crippen LogP contribution in [-0.2, 0) is 0 Å². The van der Waals surface area contributed by atoms with Crippen molar-refractivity contribution < 1.29 is 27.4 Å². The van der Waals surface area contributed by atoms with Crippen molar-refractivity contribution in [3.63, 3.8) is 0 Å². The Morgan fingerprint density at radius 1 is 1.21 bits per heavy atom. The largest absolute Gasteiger partial charge is 0.486 e. The van der Waals surface area contributed by atoms with Crippen molar-refractivity contribution in [1.82, 2.24) is 0 Å². The van der Waals surface area contributed by atoms with Crippen molar-refractivity contribution in [2.24, 2.45) is 0 Å². The molecule has 0 fully saturated rings. The fourth-order valence-electron chi connectivity index (χ4n) is 1.67. The zero-order valence-electron chi connectivity index (χ0n) is 9.72. The number of ketones is 1. The molecule has 0 spiro atoms. The van der Waals surface area contributed by atoms with Crippen LogP contribution in [0.5, 0.6) is 11.5 Å². The van der Waals surface area contributed by atoms with Gasteiger partial charge in [-0.3, -0.25) is 4.79 Å². The van der Waals surface area contributed by atoms with Gasteiger partial charge in [-0.05, 0) is 6.07 Å². The third-order valence-electron chi connectivity index (χ3n) is 2.57. The molecule has 0 saturated carbocycles. The summed E-state index contributed by atoms with van der Waals surface area (Å²) in [5.74, 6) is 0.0499. The molecule has 7 heteroatoms. The van der Waals surface area contributed by atoms with E-state index < -0.39 is 24.8 Å². The van der Waals surface area contributed by atoms with Crippen LogP contribution in [0.4, 0.5) is 13.2 Å². The van der Waals surface area contributed by atoms with Crippen molar-refractivity contribution in [1.29, 1.82) is 0 Å². The highest BCUT2D eigenvalue weighted by atomic mass is 35.5. The maximum absolute atomic E-state index is 12.1. The number of hydrogen-bond acceptors (Lipinski definition) is 3.